The molecule has 1 aromatic carbocycles. The third-order valence-electron chi connectivity index (χ3n) is 5.96. The SMILES string of the molecule is COc1ccc(/C=C(\C)C(O)(CC2CCCCC2)C(C)CN(C)C)cc1. The van der Waals surface area contributed by atoms with Gasteiger partial charge in [-0.05, 0) is 56.6 Å². The zero-order valence-corrected chi connectivity index (χ0v) is 17.3. The predicted molar refractivity (Wildman–Crippen MR) is 111 cm³/mol. The number of methoxy groups -OCH3 is 1. The minimum atomic E-state index is -0.758. The predicted octanol–water partition coefficient (Wildman–Crippen LogP) is 5.00. The maximum absolute atomic E-state index is 11.8. The van der Waals surface area contributed by atoms with Crippen LogP contribution in [0.5, 0.6) is 5.75 Å². The summed E-state index contributed by atoms with van der Waals surface area (Å²) in [5, 5.41) is 11.8. The maximum atomic E-state index is 11.8. The van der Waals surface area contributed by atoms with Crippen LogP contribution in [0.15, 0.2) is 29.8 Å². The fourth-order valence-corrected chi connectivity index (χ4v) is 4.36. The summed E-state index contributed by atoms with van der Waals surface area (Å²) >= 11 is 0. The number of benzene rings is 1. The van der Waals surface area contributed by atoms with Crippen molar-refractivity contribution in [1.82, 2.24) is 4.90 Å². The van der Waals surface area contributed by atoms with Crippen LogP contribution in [0.4, 0.5) is 0 Å². The third-order valence-corrected chi connectivity index (χ3v) is 5.96. The first-order valence-corrected chi connectivity index (χ1v) is 10.0. The molecule has 0 saturated heterocycles. The Hall–Kier alpha value is -1.32. The lowest BCUT2D eigenvalue weighted by molar-refractivity contribution is -0.0109. The van der Waals surface area contributed by atoms with Crippen molar-refractivity contribution < 1.29 is 9.84 Å². The van der Waals surface area contributed by atoms with E-state index in [4.69, 9.17) is 4.74 Å². The van der Waals surface area contributed by atoms with Gasteiger partial charge in [0.15, 0.2) is 0 Å². The first kappa shape index (κ1) is 21.0. The standard InChI is InChI=1S/C23H37NO2/c1-18(15-20-11-13-22(26-5)14-12-20)23(25,19(2)17-24(3)4)16-21-9-7-6-8-10-21/h11-15,19,21,25H,6-10,16-17H2,1-5H3/b18-15+. The summed E-state index contributed by atoms with van der Waals surface area (Å²) in [4.78, 5) is 2.18. The molecule has 1 aliphatic rings. The summed E-state index contributed by atoms with van der Waals surface area (Å²) in [5.74, 6) is 1.68. The zero-order chi connectivity index (χ0) is 19.2. The molecule has 26 heavy (non-hydrogen) atoms. The van der Waals surface area contributed by atoms with Crippen LogP contribution in [-0.2, 0) is 0 Å². The second-order valence-electron chi connectivity index (χ2n) is 8.40. The van der Waals surface area contributed by atoms with E-state index in [-0.39, 0.29) is 5.92 Å². The van der Waals surface area contributed by atoms with E-state index in [1.54, 1.807) is 7.11 Å². The van der Waals surface area contributed by atoms with Crippen LogP contribution in [0.2, 0.25) is 0 Å². The lowest BCUT2D eigenvalue weighted by Crippen LogP contribution is -2.44. The van der Waals surface area contributed by atoms with E-state index >= 15 is 0 Å². The molecule has 0 radical (unpaired) electrons. The van der Waals surface area contributed by atoms with Crippen LogP contribution in [0.25, 0.3) is 6.08 Å². The lowest BCUT2D eigenvalue weighted by atomic mass is 9.72. The molecule has 0 aliphatic heterocycles. The van der Waals surface area contributed by atoms with Gasteiger partial charge in [0.25, 0.3) is 0 Å². The summed E-state index contributed by atoms with van der Waals surface area (Å²) in [6.07, 6.45) is 9.51. The highest BCUT2D eigenvalue weighted by Crippen LogP contribution is 2.39. The van der Waals surface area contributed by atoms with Gasteiger partial charge in [0, 0.05) is 12.5 Å². The van der Waals surface area contributed by atoms with Gasteiger partial charge in [0.1, 0.15) is 5.75 Å². The van der Waals surface area contributed by atoms with Crippen molar-refractivity contribution in [2.24, 2.45) is 11.8 Å². The molecule has 2 unspecified atom stereocenters. The van der Waals surface area contributed by atoms with Crippen LogP contribution in [-0.4, -0.2) is 43.4 Å². The van der Waals surface area contributed by atoms with Gasteiger partial charge in [-0.3, -0.25) is 0 Å². The molecule has 1 aromatic rings. The highest BCUT2D eigenvalue weighted by atomic mass is 16.5. The summed E-state index contributed by atoms with van der Waals surface area (Å²) < 4.78 is 5.25. The normalized spacial score (nSPS) is 20.0. The number of ether oxygens (including phenoxy) is 1. The Balaban J connectivity index is 2.25. The molecule has 1 saturated carbocycles. The molecule has 0 amide bonds. The molecule has 2 atom stereocenters. The lowest BCUT2D eigenvalue weighted by Gasteiger charge is -2.40. The van der Waals surface area contributed by atoms with E-state index in [9.17, 15) is 5.11 Å². The van der Waals surface area contributed by atoms with Crippen molar-refractivity contribution in [3.05, 3.63) is 35.4 Å². The monoisotopic (exact) mass is 359 g/mol. The Morgan fingerprint density at radius 1 is 1.23 bits per heavy atom. The summed E-state index contributed by atoms with van der Waals surface area (Å²) in [5.41, 5.74) is 1.43. The second kappa shape index (κ2) is 9.57. The average molecular weight is 360 g/mol. The molecule has 2 rings (SSSR count). The molecule has 1 aliphatic carbocycles. The molecule has 0 bridgehead atoms. The van der Waals surface area contributed by atoms with Crippen LogP contribution in [0.1, 0.15) is 57.9 Å². The van der Waals surface area contributed by atoms with Gasteiger partial charge < -0.3 is 14.7 Å². The first-order valence-electron chi connectivity index (χ1n) is 10.0. The van der Waals surface area contributed by atoms with E-state index in [1.165, 1.54) is 32.1 Å². The second-order valence-corrected chi connectivity index (χ2v) is 8.40. The molecular formula is C23H37NO2. The number of hydrogen-bond acceptors (Lipinski definition) is 3. The summed E-state index contributed by atoms with van der Waals surface area (Å²) in [6.45, 7) is 5.17. The molecule has 0 aromatic heterocycles. The molecular weight excluding hydrogens is 322 g/mol. The van der Waals surface area contributed by atoms with Gasteiger partial charge >= 0.3 is 0 Å². The summed E-state index contributed by atoms with van der Waals surface area (Å²) in [7, 11) is 5.85. The fraction of sp³-hybridized carbons (Fsp3) is 0.652. The molecule has 146 valence electrons. The number of nitrogens with zero attached hydrogens (tertiary/aromatic N) is 1. The van der Waals surface area contributed by atoms with E-state index in [0.717, 1.165) is 29.9 Å². The van der Waals surface area contributed by atoms with E-state index in [2.05, 4.69) is 51.1 Å². The van der Waals surface area contributed by atoms with E-state index in [0.29, 0.717) is 5.92 Å². The van der Waals surface area contributed by atoms with Crippen molar-refractivity contribution in [2.45, 2.75) is 58.0 Å². The van der Waals surface area contributed by atoms with Crippen molar-refractivity contribution in [1.29, 1.82) is 0 Å². The molecule has 3 heteroatoms. The molecule has 1 fully saturated rings. The van der Waals surface area contributed by atoms with Gasteiger partial charge in [0.05, 0.1) is 12.7 Å². The van der Waals surface area contributed by atoms with Crippen LogP contribution in [0, 0.1) is 11.8 Å². The number of rotatable bonds is 8. The molecule has 0 spiro atoms. The largest absolute Gasteiger partial charge is 0.497 e. The highest BCUT2D eigenvalue weighted by Gasteiger charge is 2.38. The Morgan fingerprint density at radius 2 is 1.85 bits per heavy atom. The van der Waals surface area contributed by atoms with Gasteiger partial charge in [-0.15, -0.1) is 0 Å². The first-order chi connectivity index (χ1) is 12.3. The Kier molecular flexibility index (Phi) is 7.72. The van der Waals surface area contributed by atoms with Gasteiger partial charge in [0.2, 0.25) is 0 Å². The van der Waals surface area contributed by atoms with E-state index in [1.807, 2.05) is 12.1 Å². The van der Waals surface area contributed by atoms with Crippen molar-refractivity contribution >= 4 is 6.08 Å². The smallest absolute Gasteiger partial charge is 0.118 e. The van der Waals surface area contributed by atoms with Crippen molar-refractivity contribution in [3.8, 4) is 5.75 Å². The third kappa shape index (κ3) is 5.59. The van der Waals surface area contributed by atoms with Gasteiger partial charge in [-0.2, -0.15) is 0 Å². The maximum Gasteiger partial charge on any atom is 0.118 e. The van der Waals surface area contributed by atoms with Crippen molar-refractivity contribution in [2.75, 3.05) is 27.7 Å². The van der Waals surface area contributed by atoms with Crippen LogP contribution in [0.3, 0.4) is 0 Å². The number of hydrogen-bond donors (Lipinski definition) is 1. The fourth-order valence-electron chi connectivity index (χ4n) is 4.36. The minimum Gasteiger partial charge on any atom is -0.497 e. The minimum absolute atomic E-state index is 0.189. The Bertz CT molecular complexity index is 572. The zero-order valence-electron chi connectivity index (χ0n) is 17.3. The van der Waals surface area contributed by atoms with Crippen LogP contribution >= 0.6 is 0 Å². The van der Waals surface area contributed by atoms with Crippen LogP contribution < -0.4 is 4.74 Å². The van der Waals surface area contributed by atoms with E-state index < -0.39 is 5.60 Å². The topological polar surface area (TPSA) is 32.7 Å². The molecule has 0 heterocycles. The molecule has 3 nitrogen and oxygen atoms in total. The Labute approximate surface area is 160 Å². The van der Waals surface area contributed by atoms with Gasteiger partial charge in [-0.1, -0.05) is 57.2 Å². The average Bonchev–Trinajstić information content (AvgIpc) is 2.62. The van der Waals surface area contributed by atoms with Gasteiger partial charge in [-0.25, -0.2) is 0 Å². The number of aliphatic hydroxyl groups is 1. The van der Waals surface area contributed by atoms with Crippen molar-refractivity contribution in [3.63, 3.8) is 0 Å². The highest BCUT2D eigenvalue weighted by molar-refractivity contribution is 5.55. The molecule has 1 N–H and O–H groups in total. The quantitative estimate of drug-likeness (QED) is 0.709. The Morgan fingerprint density at radius 3 is 2.38 bits per heavy atom. The summed E-state index contributed by atoms with van der Waals surface area (Å²) in [6, 6.07) is 8.06.